The predicted octanol–water partition coefficient (Wildman–Crippen LogP) is 3.84. The highest BCUT2D eigenvalue weighted by Gasteiger charge is 2.28. The third-order valence-corrected chi connectivity index (χ3v) is 6.68. The molecule has 4 nitrogen and oxygen atoms in total. The van der Waals surface area contributed by atoms with Crippen molar-refractivity contribution in [2.75, 3.05) is 26.2 Å². The Balaban J connectivity index is 1.38. The van der Waals surface area contributed by atoms with Crippen molar-refractivity contribution in [3.63, 3.8) is 0 Å². The van der Waals surface area contributed by atoms with Crippen molar-refractivity contribution in [2.45, 2.75) is 77.6 Å². The summed E-state index contributed by atoms with van der Waals surface area (Å²) < 4.78 is 0. The lowest BCUT2D eigenvalue weighted by Crippen LogP contribution is -2.51. The molecule has 0 radical (unpaired) electrons. The monoisotopic (exact) mass is 348 g/mol. The molecule has 0 aromatic heterocycles. The van der Waals surface area contributed by atoms with Gasteiger partial charge in [0.25, 0.3) is 0 Å². The highest BCUT2D eigenvalue weighted by molar-refractivity contribution is 5.78. The van der Waals surface area contributed by atoms with E-state index in [1.165, 1.54) is 57.8 Å². The molecule has 0 aromatic rings. The van der Waals surface area contributed by atoms with Gasteiger partial charge in [0.05, 0.1) is 0 Å². The lowest BCUT2D eigenvalue weighted by Gasteiger charge is -2.37. The second kappa shape index (κ2) is 9.05. The maximum atomic E-state index is 12.6. The van der Waals surface area contributed by atoms with Crippen molar-refractivity contribution in [1.29, 1.82) is 0 Å². The first-order valence-electron chi connectivity index (χ1n) is 10.7. The van der Waals surface area contributed by atoms with Crippen molar-refractivity contribution in [2.24, 2.45) is 17.8 Å². The molecular formula is C21H36N2O2. The van der Waals surface area contributed by atoms with Crippen molar-refractivity contribution in [3.05, 3.63) is 0 Å². The first-order chi connectivity index (χ1) is 12.1. The van der Waals surface area contributed by atoms with Crippen LogP contribution in [0.1, 0.15) is 77.6 Å². The van der Waals surface area contributed by atoms with Crippen LogP contribution in [0.5, 0.6) is 0 Å². The number of rotatable bonds is 4. The van der Waals surface area contributed by atoms with Gasteiger partial charge in [-0.25, -0.2) is 0 Å². The number of carbonyl (C=O) groups is 2. The molecule has 1 saturated heterocycles. The lowest BCUT2D eigenvalue weighted by molar-refractivity contribution is -0.141. The summed E-state index contributed by atoms with van der Waals surface area (Å²) in [4.78, 5) is 29.1. The fraction of sp³-hybridized carbons (Fsp3) is 0.905. The van der Waals surface area contributed by atoms with Crippen LogP contribution in [0.25, 0.3) is 0 Å². The highest BCUT2D eigenvalue weighted by Crippen LogP contribution is 2.31. The molecule has 4 heteroatoms. The molecule has 25 heavy (non-hydrogen) atoms. The molecule has 2 atom stereocenters. The van der Waals surface area contributed by atoms with Crippen molar-refractivity contribution >= 4 is 11.8 Å². The van der Waals surface area contributed by atoms with Crippen molar-refractivity contribution < 1.29 is 9.59 Å². The van der Waals surface area contributed by atoms with Gasteiger partial charge in [0, 0.05) is 39.0 Å². The van der Waals surface area contributed by atoms with Gasteiger partial charge in [-0.3, -0.25) is 9.59 Å². The normalized spacial score (nSPS) is 28.8. The number of piperazine rings is 1. The maximum Gasteiger partial charge on any atom is 0.222 e. The van der Waals surface area contributed by atoms with Crippen LogP contribution in [0.2, 0.25) is 0 Å². The zero-order chi connectivity index (χ0) is 17.6. The van der Waals surface area contributed by atoms with Gasteiger partial charge in [-0.2, -0.15) is 0 Å². The third kappa shape index (κ3) is 5.46. The molecular weight excluding hydrogens is 312 g/mol. The van der Waals surface area contributed by atoms with E-state index in [9.17, 15) is 9.59 Å². The van der Waals surface area contributed by atoms with Gasteiger partial charge < -0.3 is 9.80 Å². The molecule has 2 saturated carbocycles. The Morgan fingerprint density at radius 1 is 0.720 bits per heavy atom. The average molecular weight is 349 g/mol. The minimum Gasteiger partial charge on any atom is -0.339 e. The second-order valence-corrected chi connectivity index (χ2v) is 8.81. The Bertz CT molecular complexity index is 451. The fourth-order valence-corrected chi connectivity index (χ4v) is 5.09. The number of carbonyl (C=O) groups excluding carboxylic acids is 2. The summed E-state index contributed by atoms with van der Waals surface area (Å²) in [5.74, 6) is 2.61. The maximum absolute atomic E-state index is 12.6. The van der Waals surface area contributed by atoms with Crippen LogP contribution >= 0.6 is 0 Å². The average Bonchev–Trinajstić information content (AvgIpc) is 2.62. The standard InChI is InChI=1S/C21H36N2O2/c1-17-6-5-9-19(14-17)16-21(25)23-12-10-22(11-13-23)20(24)15-18-7-3-2-4-8-18/h17-19H,2-16H2,1H3. The molecule has 3 fully saturated rings. The van der Waals surface area contributed by atoms with Gasteiger partial charge in [-0.1, -0.05) is 39.0 Å². The Hall–Kier alpha value is -1.06. The number of hydrogen-bond acceptors (Lipinski definition) is 2. The predicted molar refractivity (Wildman–Crippen MR) is 100 cm³/mol. The molecule has 2 unspecified atom stereocenters. The first-order valence-corrected chi connectivity index (χ1v) is 10.7. The van der Waals surface area contributed by atoms with E-state index in [4.69, 9.17) is 0 Å². The topological polar surface area (TPSA) is 40.6 Å². The molecule has 3 aliphatic rings. The van der Waals surface area contributed by atoms with E-state index >= 15 is 0 Å². The minimum atomic E-state index is 0.318. The van der Waals surface area contributed by atoms with E-state index in [1.54, 1.807) is 0 Å². The van der Waals surface area contributed by atoms with E-state index in [0.717, 1.165) is 44.9 Å². The van der Waals surface area contributed by atoms with Gasteiger partial charge in [-0.15, -0.1) is 0 Å². The van der Waals surface area contributed by atoms with Crippen LogP contribution in [0.15, 0.2) is 0 Å². The van der Waals surface area contributed by atoms with Crippen molar-refractivity contribution in [3.8, 4) is 0 Å². The summed E-state index contributed by atoms with van der Waals surface area (Å²) in [6, 6.07) is 0. The smallest absolute Gasteiger partial charge is 0.222 e. The molecule has 0 bridgehead atoms. The molecule has 2 aliphatic carbocycles. The van der Waals surface area contributed by atoms with Crippen LogP contribution in [-0.2, 0) is 9.59 Å². The quantitative estimate of drug-likeness (QED) is 0.774. The largest absolute Gasteiger partial charge is 0.339 e. The van der Waals surface area contributed by atoms with E-state index < -0.39 is 0 Å². The summed E-state index contributed by atoms with van der Waals surface area (Å²) in [5.41, 5.74) is 0. The van der Waals surface area contributed by atoms with Gasteiger partial charge >= 0.3 is 0 Å². The van der Waals surface area contributed by atoms with Crippen LogP contribution in [0.3, 0.4) is 0 Å². The first kappa shape index (κ1) is 18.7. The number of nitrogens with zero attached hydrogens (tertiary/aromatic N) is 2. The van der Waals surface area contributed by atoms with Crippen LogP contribution in [0.4, 0.5) is 0 Å². The third-order valence-electron chi connectivity index (χ3n) is 6.68. The van der Waals surface area contributed by atoms with Crippen LogP contribution in [-0.4, -0.2) is 47.8 Å². The Kier molecular flexibility index (Phi) is 6.77. The summed E-state index contributed by atoms with van der Waals surface area (Å²) >= 11 is 0. The second-order valence-electron chi connectivity index (χ2n) is 8.81. The summed E-state index contributed by atoms with van der Waals surface area (Å²) in [6.45, 7) is 5.25. The van der Waals surface area contributed by atoms with Gasteiger partial charge in [0.15, 0.2) is 0 Å². The molecule has 2 amide bonds. The minimum absolute atomic E-state index is 0.318. The zero-order valence-corrected chi connectivity index (χ0v) is 16.0. The van der Waals surface area contributed by atoms with Gasteiger partial charge in [-0.05, 0) is 43.4 Å². The molecule has 0 N–H and O–H groups in total. The van der Waals surface area contributed by atoms with Crippen molar-refractivity contribution in [1.82, 2.24) is 9.80 Å². The van der Waals surface area contributed by atoms with Gasteiger partial charge in [0.2, 0.25) is 11.8 Å². The molecule has 1 heterocycles. The molecule has 3 rings (SSSR count). The molecule has 0 aromatic carbocycles. The van der Waals surface area contributed by atoms with E-state index in [0.29, 0.717) is 23.7 Å². The Morgan fingerprint density at radius 2 is 1.24 bits per heavy atom. The molecule has 142 valence electrons. The van der Waals surface area contributed by atoms with E-state index in [2.05, 4.69) is 6.92 Å². The summed E-state index contributed by atoms with van der Waals surface area (Å²) in [6.07, 6.45) is 12.9. The fourth-order valence-electron chi connectivity index (χ4n) is 5.09. The van der Waals surface area contributed by atoms with Gasteiger partial charge in [0.1, 0.15) is 0 Å². The van der Waals surface area contributed by atoms with Crippen LogP contribution < -0.4 is 0 Å². The number of amides is 2. The Morgan fingerprint density at radius 3 is 1.80 bits per heavy atom. The SMILES string of the molecule is CC1CCCC(CC(=O)N2CCN(C(=O)CC3CCCCC3)CC2)C1. The zero-order valence-electron chi connectivity index (χ0n) is 16.0. The summed E-state index contributed by atoms with van der Waals surface area (Å²) in [5, 5.41) is 0. The molecule has 1 aliphatic heterocycles. The molecule has 0 spiro atoms. The number of hydrogen-bond donors (Lipinski definition) is 0. The summed E-state index contributed by atoms with van der Waals surface area (Å²) in [7, 11) is 0. The van der Waals surface area contributed by atoms with Crippen LogP contribution in [0, 0.1) is 17.8 Å². The Labute approximate surface area is 153 Å². The van der Waals surface area contributed by atoms with E-state index in [-0.39, 0.29) is 0 Å². The van der Waals surface area contributed by atoms with E-state index in [1.807, 2.05) is 9.80 Å². The lowest BCUT2D eigenvalue weighted by atomic mass is 9.80. The highest BCUT2D eigenvalue weighted by atomic mass is 16.2.